The zero-order valence-electron chi connectivity index (χ0n) is 20.0. The number of benzene rings is 1. The summed E-state index contributed by atoms with van der Waals surface area (Å²) in [6, 6.07) is 7.35. The van der Waals surface area contributed by atoms with Gasteiger partial charge in [0.25, 0.3) is 0 Å². The number of nitrogens with one attached hydrogen (secondary N) is 1. The van der Waals surface area contributed by atoms with Crippen molar-refractivity contribution in [1.29, 1.82) is 5.26 Å². The SMILES string of the molecule is CC(C)C[C@@H](C(=O)N1C[C@@](C)(C(=O)Nc2ccccc2)C[C@H]1C#N)N(C(=O)C(F)(F)F)C(C)C. The highest BCUT2D eigenvalue weighted by Gasteiger charge is 2.52. The number of halogens is 3. The molecule has 0 saturated carbocycles. The van der Waals surface area contributed by atoms with Gasteiger partial charge in [0, 0.05) is 18.3 Å². The molecule has 0 spiro atoms. The third kappa shape index (κ3) is 6.07. The van der Waals surface area contributed by atoms with Crippen molar-refractivity contribution >= 4 is 23.4 Å². The Hall–Kier alpha value is -3.09. The van der Waals surface area contributed by atoms with Crippen molar-refractivity contribution in [1.82, 2.24) is 9.80 Å². The van der Waals surface area contributed by atoms with E-state index < -0.39 is 47.4 Å². The van der Waals surface area contributed by atoms with Crippen LogP contribution in [0, 0.1) is 22.7 Å². The maximum absolute atomic E-state index is 13.6. The van der Waals surface area contributed by atoms with E-state index in [0.29, 0.717) is 10.6 Å². The van der Waals surface area contributed by atoms with E-state index in [1.807, 2.05) is 6.07 Å². The lowest BCUT2D eigenvalue weighted by Crippen LogP contribution is -2.58. The highest BCUT2D eigenvalue weighted by Crippen LogP contribution is 2.37. The summed E-state index contributed by atoms with van der Waals surface area (Å²) in [5.41, 5.74) is -0.586. The van der Waals surface area contributed by atoms with Crippen LogP contribution in [-0.2, 0) is 14.4 Å². The molecule has 3 amide bonds. The van der Waals surface area contributed by atoms with Gasteiger partial charge in [-0.2, -0.15) is 18.4 Å². The fraction of sp³-hybridized carbons (Fsp3) is 0.583. The Morgan fingerprint density at radius 2 is 1.79 bits per heavy atom. The Balaban J connectivity index is 2.37. The van der Waals surface area contributed by atoms with Gasteiger partial charge in [-0.3, -0.25) is 14.4 Å². The molecule has 7 nitrogen and oxygen atoms in total. The zero-order valence-corrected chi connectivity index (χ0v) is 20.0. The number of likely N-dealkylation sites (tertiary alicyclic amines) is 1. The number of anilines is 1. The molecule has 1 saturated heterocycles. The second-order valence-electron chi connectivity index (χ2n) is 9.65. The summed E-state index contributed by atoms with van der Waals surface area (Å²) in [5, 5.41) is 12.5. The van der Waals surface area contributed by atoms with Gasteiger partial charge in [0.15, 0.2) is 0 Å². The number of hydrogen-bond donors (Lipinski definition) is 1. The van der Waals surface area contributed by atoms with Crippen molar-refractivity contribution in [2.24, 2.45) is 11.3 Å². The molecular weight excluding hydrogens is 449 g/mol. The summed E-state index contributed by atoms with van der Waals surface area (Å²) in [6.45, 7) is 7.76. The first-order valence-electron chi connectivity index (χ1n) is 11.2. The lowest BCUT2D eigenvalue weighted by Gasteiger charge is -2.38. The predicted molar refractivity (Wildman–Crippen MR) is 120 cm³/mol. The third-order valence-corrected chi connectivity index (χ3v) is 5.90. The molecule has 1 aliphatic heterocycles. The highest BCUT2D eigenvalue weighted by atomic mass is 19.4. The number of nitrogens with zero attached hydrogens (tertiary/aromatic N) is 3. The van der Waals surface area contributed by atoms with Gasteiger partial charge in [-0.05, 0) is 51.7 Å². The number of nitriles is 1. The first-order chi connectivity index (χ1) is 15.7. The molecular formula is C24H31F3N4O3. The topological polar surface area (TPSA) is 93.5 Å². The van der Waals surface area contributed by atoms with Crippen LogP contribution in [0.2, 0.25) is 0 Å². The summed E-state index contributed by atoms with van der Waals surface area (Å²) < 4.78 is 40.1. The van der Waals surface area contributed by atoms with Gasteiger partial charge in [-0.25, -0.2) is 0 Å². The second-order valence-corrected chi connectivity index (χ2v) is 9.65. The maximum Gasteiger partial charge on any atom is 0.471 e. The Morgan fingerprint density at radius 1 is 1.21 bits per heavy atom. The van der Waals surface area contributed by atoms with Crippen LogP contribution in [0.5, 0.6) is 0 Å². The van der Waals surface area contributed by atoms with Crippen LogP contribution in [0.1, 0.15) is 47.5 Å². The second kappa shape index (κ2) is 10.5. The van der Waals surface area contributed by atoms with Crippen molar-refractivity contribution in [3.8, 4) is 6.07 Å². The zero-order chi connectivity index (χ0) is 25.8. The van der Waals surface area contributed by atoms with E-state index in [0.717, 1.165) is 4.90 Å². The van der Waals surface area contributed by atoms with E-state index in [1.165, 1.54) is 13.8 Å². The van der Waals surface area contributed by atoms with Crippen LogP contribution in [0.15, 0.2) is 30.3 Å². The minimum Gasteiger partial charge on any atom is -0.326 e. The van der Waals surface area contributed by atoms with Crippen LogP contribution in [0.25, 0.3) is 0 Å². The predicted octanol–water partition coefficient (Wildman–Crippen LogP) is 3.97. The highest BCUT2D eigenvalue weighted by molar-refractivity contribution is 5.97. The van der Waals surface area contributed by atoms with Crippen molar-refractivity contribution in [3.05, 3.63) is 30.3 Å². The van der Waals surface area contributed by atoms with E-state index in [-0.39, 0.29) is 25.3 Å². The quantitative estimate of drug-likeness (QED) is 0.639. The van der Waals surface area contributed by atoms with Gasteiger partial charge >= 0.3 is 12.1 Å². The lowest BCUT2D eigenvalue weighted by molar-refractivity contribution is -0.191. The van der Waals surface area contributed by atoms with Crippen molar-refractivity contribution in [3.63, 3.8) is 0 Å². The molecule has 1 heterocycles. The summed E-state index contributed by atoms with van der Waals surface area (Å²) in [6.07, 6.45) is -5.14. The van der Waals surface area contributed by atoms with Gasteiger partial charge < -0.3 is 15.1 Å². The molecule has 0 bridgehead atoms. The molecule has 1 aliphatic rings. The molecule has 2 rings (SSSR count). The smallest absolute Gasteiger partial charge is 0.326 e. The molecule has 3 atom stereocenters. The van der Waals surface area contributed by atoms with E-state index >= 15 is 0 Å². The summed E-state index contributed by atoms with van der Waals surface area (Å²) in [5.74, 6) is -3.46. The molecule has 186 valence electrons. The Labute approximate surface area is 197 Å². The molecule has 1 fully saturated rings. The standard InChI is InChI=1S/C24H31F3N4O3/c1-15(2)11-19(31(16(3)4)22(34)24(25,26)27)20(32)30-14-23(5,12-18(30)13-28)21(33)29-17-9-7-6-8-10-17/h6-10,15-16,18-19H,11-12,14H2,1-5H3,(H,29,33)/t18-,19-,23-/m0/s1. The summed E-state index contributed by atoms with van der Waals surface area (Å²) >= 11 is 0. The average molecular weight is 481 g/mol. The first-order valence-corrected chi connectivity index (χ1v) is 11.2. The summed E-state index contributed by atoms with van der Waals surface area (Å²) in [7, 11) is 0. The fourth-order valence-electron chi connectivity index (χ4n) is 4.26. The number of rotatable bonds is 7. The molecule has 0 aliphatic carbocycles. The molecule has 0 unspecified atom stereocenters. The first kappa shape index (κ1) is 27.2. The van der Waals surface area contributed by atoms with Crippen molar-refractivity contribution < 1.29 is 27.6 Å². The van der Waals surface area contributed by atoms with E-state index in [9.17, 15) is 32.8 Å². The number of hydrogen-bond acceptors (Lipinski definition) is 4. The fourth-order valence-corrected chi connectivity index (χ4v) is 4.26. The minimum absolute atomic E-state index is 0.0135. The van der Waals surface area contributed by atoms with Crippen LogP contribution >= 0.6 is 0 Å². The van der Waals surface area contributed by atoms with Gasteiger partial charge in [-0.1, -0.05) is 32.0 Å². The van der Waals surface area contributed by atoms with Crippen LogP contribution in [-0.4, -0.2) is 58.4 Å². The molecule has 0 radical (unpaired) electrons. The van der Waals surface area contributed by atoms with Crippen molar-refractivity contribution in [2.75, 3.05) is 11.9 Å². The van der Waals surface area contributed by atoms with Crippen molar-refractivity contribution in [2.45, 2.75) is 71.8 Å². The molecule has 1 N–H and O–H groups in total. The third-order valence-electron chi connectivity index (χ3n) is 5.90. The number of para-hydroxylation sites is 1. The van der Waals surface area contributed by atoms with Gasteiger partial charge in [0.2, 0.25) is 11.8 Å². The minimum atomic E-state index is -5.15. The van der Waals surface area contributed by atoms with E-state index in [4.69, 9.17) is 0 Å². The average Bonchev–Trinajstić information content (AvgIpc) is 3.10. The molecule has 34 heavy (non-hydrogen) atoms. The van der Waals surface area contributed by atoms with Gasteiger partial charge in [0.05, 0.1) is 11.5 Å². The number of carbonyl (C=O) groups excluding carboxylic acids is 3. The van der Waals surface area contributed by atoms with Gasteiger partial charge in [0.1, 0.15) is 12.1 Å². The maximum atomic E-state index is 13.6. The lowest BCUT2D eigenvalue weighted by atomic mass is 9.87. The number of carbonyl (C=O) groups is 3. The largest absolute Gasteiger partial charge is 0.471 e. The molecule has 0 aromatic heterocycles. The number of alkyl halides is 3. The molecule has 1 aromatic rings. The van der Waals surface area contributed by atoms with Crippen LogP contribution in [0.3, 0.4) is 0 Å². The molecule has 1 aromatic carbocycles. The van der Waals surface area contributed by atoms with Gasteiger partial charge in [-0.15, -0.1) is 0 Å². The van der Waals surface area contributed by atoms with Crippen LogP contribution < -0.4 is 5.32 Å². The van der Waals surface area contributed by atoms with Crippen LogP contribution in [0.4, 0.5) is 18.9 Å². The van der Waals surface area contributed by atoms with E-state index in [2.05, 4.69) is 5.32 Å². The molecule has 10 heteroatoms. The Kier molecular flexibility index (Phi) is 8.35. The monoisotopic (exact) mass is 480 g/mol. The normalized spacial score (nSPS) is 21.3. The number of amides is 3. The Morgan fingerprint density at radius 3 is 2.26 bits per heavy atom. The summed E-state index contributed by atoms with van der Waals surface area (Å²) in [4.78, 5) is 40.5. The van der Waals surface area contributed by atoms with E-state index in [1.54, 1.807) is 51.1 Å². The Bertz CT molecular complexity index is 943.